The number of hydrogen-bond acceptors (Lipinski definition) is 12. The number of amides is 2. The van der Waals surface area contributed by atoms with E-state index in [0.717, 1.165) is 19.3 Å². The number of hydrogen-bond donors (Lipinski definition) is 2. The van der Waals surface area contributed by atoms with Gasteiger partial charge in [0.15, 0.2) is 19.4 Å². The van der Waals surface area contributed by atoms with Crippen molar-refractivity contribution in [1.82, 2.24) is 9.80 Å². The minimum Gasteiger partial charge on any atom is -0.428 e. The van der Waals surface area contributed by atoms with Crippen molar-refractivity contribution in [2.75, 3.05) is 53.1 Å². The summed E-state index contributed by atoms with van der Waals surface area (Å²) >= 11 is 0. The molecular formula is C31H50N2O12. The predicted molar refractivity (Wildman–Crippen MR) is 156 cm³/mol. The average molecular weight is 643 g/mol. The number of aliphatic hydroxyl groups is 2. The number of likely N-dealkylation sites (tertiary alicyclic amines) is 2. The highest BCUT2D eigenvalue weighted by Gasteiger charge is 2.36. The first-order valence-corrected chi connectivity index (χ1v) is 16.5. The third-order valence-corrected chi connectivity index (χ3v) is 9.16. The molecular weight excluding hydrogens is 592 g/mol. The van der Waals surface area contributed by atoms with Gasteiger partial charge in [-0.15, -0.1) is 0 Å². The van der Waals surface area contributed by atoms with Crippen LogP contribution in [-0.2, 0) is 47.6 Å². The van der Waals surface area contributed by atoms with Gasteiger partial charge in [0.25, 0.3) is 0 Å². The van der Waals surface area contributed by atoms with Crippen molar-refractivity contribution < 1.29 is 57.8 Å². The Morgan fingerprint density at radius 2 is 1.31 bits per heavy atom. The lowest BCUT2D eigenvalue weighted by Gasteiger charge is -2.29. The molecule has 14 nitrogen and oxygen atoms in total. The summed E-state index contributed by atoms with van der Waals surface area (Å²) in [5, 5.41) is 20.7. The third kappa shape index (κ3) is 11.1. The Hall–Kier alpha value is -2.36. The van der Waals surface area contributed by atoms with E-state index in [-0.39, 0.29) is 37.4 Å². The van der Waals surface area contributed by atoms with Crippen molar-refractivity contribution in [3.05, 3.63) is 0 Å². The van der Waals surface area contributed by atoms with Crippen molar-refractivity contribution in [2.45, 2.75) is 108 Å². The fourth-order valence-electron chi connectivity index (χ4n) is 6.48. The van der Waals surface area contributed by atoms with Crippen LogP contribution in [0.25, 0.3) is 0 Å². The standard InChI is InChI=1S/C31H50N2O12/c34-26(32-13-3-5-24(32)30(38)44-20-42-28(36)19-22-9-15-40-16-10-22)7-1-2-8-27(35)33-14-4-6-25(33)31(39)45-21-43-29(37)23-11-17-41-18-12-23/h22-25,28,30,36,38H,1-21H2/t24-,25-,28?,30?/m1/s1. The van der Waals surface area contributed by atoms with Gasteiger partial charge < -0.3 is 48.4 Å². The van der Waals surface area contributed by atoms with Gasteiger partial charge in [0.1, 0.15) is 6.04 Å². The van der Waals surface area contributed by atoms with Gasteiger partial charge >= 0.3 is 11.9 Å². The molecule has 0 aliphatic carbocycles. The maximum atomic E-state index is 12.9. The zero-order valence-corrected chi connectivity index (χ0v) is 26.2. The van der Waals surface area contributed by atoms with Crippen LogP contribution in [0.4, 0.5) is 0 Å². The summed E-state index contributed by atoms with van der Waals surface area (Å²) in [7, 11) is 0. The molecule has 0 aromatic rings. The number of carbonyl (C=O) groups excluding carboxylic acids is 4. The van der Waals surface area contributed by atoms with Gasteiger partial charge in [-0.3, -0.25) is 14.4 Å². The lowest BCUT2D eigenvalue weighted by molar-refractivity contribution is -0.237. The SMILES string of the molecule is O=C(OCOC(=O)[C@H]1CCCN1C(=O)CCCCC(=O)N1CCC[C@@H]1C(O)OCOC(O)CC1CCOCC1)C1CCOCC1. The predicted octanol–water partition coefficient (Wildman–Crippen LogP) is 1.44. The molecule has 2 N–H and O–H groups in total. The number of carbonyl (C=O) groups is 4. The van der Waals surface area contributed by atoms with Crippen molar-refractivity contribution in [2.24, 2.45) is 11.8 Å². The van der Waals surface area contributed by atoms with Gasteiger partial charge in [0.05, 0.1) is 12.0 Å². The number of unbranched alkanes of at least 4 members (excludes halogenated alkanes) is 1. The van der Waals surface area contributed by atoms with E-state index >= 15 is 0 Å². The summed E-state index contributed by atoms with van der Waals surface area (Å²) in [5.74, 6) is -1.22. The van der Waals surface area contributed by atoms with Crippen LogP contribution in [0.1, 0.15) is 83.5 Å². The van der Waals surface area contributed by atoms with Gasteiger partial charge in [0.2, 0.25) is 18.6 Å². The second-order valence-corrected chi connectivity index (χ2v) is 12.3. The molecule has 0 saturated carbocycles. The quantitative estimate of drug-likeness (QED) is 0.141. The highest BCUT2D eigenvalue weighted by atomic mass is 16.7. The Kier molecular flexibility index (Phi) is 14.8. The van der Waals surface area contributed by atoms with Gasteiger partial charge in [-0.25, -0.2) is 4.79 Å². The van der Waals surface area contributed by atoms with E-state index in [1.54, 1.807) is 4.90 Å². The summed E-state index contributed by atoms with van der Waals surface area (Å²) in [6, 6.07) is -1.21. The summed E-state index contributed by atoms with van der Waals surface area (Å²) in [4.78, 5) is 53.7. The van der Waals surface area contributed by atoms with Crippen LogP contribution < -0.4 is 0 Å². The first-order chi connectivity index (χ1) is 21.8. The molecule has 0 bridgehead atoms. The van der Waals surface area contributed by atoms with E-state index < -0.39 is 43.4 Å². The zero-order chi connectivity index (χ0) is 32.0. The number of ether oxygens (including phenoxy) is 6. The largest absolute Gasteiger partial charge is 0.428 e. The van der Waals surface area contributed by atoms with Crippen LogP contribution in [0.5, 0.6) is 0 Å². The smallest absolute Gasteiger partial charge is 0.331 e. The molecule has 4 saturated heterocycles. The van der Waals surface area contributed by atoms with E-state index in [2.05, 4.69) is 0 Å². The zero-order valence-electron chi connectivity index (χ0n) is 26.2. The van der Waals surface area contributed by atoms with Crippen LogP contribution in [0, 0.1) is 11.8 Å². The minimum absolute atomic E-state index is 0.119. The second-order valence-electron chi connectivity index (χ2n) is 12.3. The molecule has 2 amide bonds. The molecule has 4 heterocycles. The third-order valence-electron chi connectivity index (χ3n) is 9.16. The van der Waals surface area contributed by atoms with Crippen LogP contribution >= 0.6 is 0 Å². The first kappa shape index (κ1) is 35.5. The van der Waals surface area contributed by atoms with Gasteiger partial charge in [-0.2, -0.15) is 0 Å². The van der Waals surface area contributed by atoms with Crippen molar-refractivity contribution in [1.29, 1.82) is 0 Å². The lowest BCUT2D eigenvalue weighted by atomic mass is 9.96. The average Bonchev–Trinajstić information content (AvgIpc) is 3.75. The van der Waals surface area contributed by atoms with Crippen LogP contribution in [-0.4, -0.2) is 122 Å². The van der Waals surface area contributed by atoms with Crippen molar-refractivity contribution in [3.8, 4) is 0 Å². The van der Waals surface area contributed by atoms with Gasteiger partial charge in [-0.05, 0) is 70.1 Å². The molecule has 4 atom stereocenters. The Morgan fingerprint density at radius 3 is 2.02 bits per heavy atom. The molecule has 2 unspecified atom stereocenters. The summed E-state index contributed by atoms with van der Waals surface area (Å²) in [6.45, 7) is 2.58. The summed E-state index contributed by atoms with van der Waals surface area (Å²) in [5.41, 5.74) is 0. The summed E-state index contributed by atoms with van der Waals surface area (Å²) in [6.07, 6.45) is 5.04. The maximum absolute atomic E-state index is 12.9. The van der Waals surface area contributed by atoms with Gasteiger partial charge in [-0.1, -0.05) is 0 Å². The molecule has 0 radical (unpaired) electrons. The van der Waals surface area contributed by atoms with E-state index in [1.165, 1.54) is 4.90 Å². The molecule has 256 valence electrons. The molecule has 14 heteroatoms. The molecule has 0 spiro atoms. The van der Waals surface area contributed by atoms with E-state index in [1.807, 2.05) is 0 Å². The van der Waals surface area contributed by atoms with E-state index in [0.29, 0.717) is 96.8 Å². The lowest BCUT2D eigenvalue weighted by Crippen LogP contribution is -2.44. The Balaban J connectivity index is 1.09. The normalized spacial score (nSPS) is 24.4. The number of aliphatic hydroxyl groups excluding tert-OH is 2. The molecule has 4 aliphatic heterocycles. The molecule has 4 aliphatic rings. The number of esters is 2. The fraction of sp³-hybridized carbons (Fsp3) is 0.871. The van der Waals surface area contributed by atoms with Crippen LogP contribution in [0.3, 0.4) is 0 Å². The van der Waals surface area contributed by atoms with E-state index in [9.17, 15) is 29.4 Å². The van der Waals surface area contributed by atoms with Crippen molar-refractivity contribution >= 4 is 23.8 Å². The van der Waals surface area contributed by atoms with Crippen LogP contribution in [0.15, 0.2) is 0 Å². The van der Waals surface area contributed by atoms with Crippen molar-refractivity contribution in [3.63, 3.8) is 0 Å². The first-order valence-electron chi connectivity index (χ1n) is 16.5. The Bertz CT molecular complexity index is 955. The maximum Gasteiger partial charge on any atom is 0.331 e. The van der Waals surface area contributed by atoms with E-state index in [4.69, 9.17) is 28.4 Å². The fourth-order valence-corrected chi connectivity index (χ4v) is 6.48. The molecule has 45 heavy (non-hydrogen) atoms. The molecule has 4 rings (SSSR count). The summed E-state index contributed by atoms with van der Waals surface area (Å²) < 4.78 is 31.6. The van der Waals surface area contributed by atoms with Crippen LogP contribution in [0.2, 0.25) is 0 Å². The Labute approximate surface area is 264 Å². The topological polar surface area (TPSA) is 171 Å². The molecule has 0 aromatic carbocycles. The minimum atomic E-state index is -1.23. The molecule has 0 aromatic heterocycles. The Morgan fingerprint density at radius 1 is 0.711 bits per heavy atom. The highest BCUT2D eigenvalue weighted by molar-refractivity contribution is 5.85. The number of rotatable bonds is 16. The molecule has 4 fully saturated rings. The second kappa shape index (κ2) is 18.7. The monoisotopic (exact) mass is 642 g/mol. The number of nitrogens with zero attached hydrogens (tertiary/aromatic N) is 2. The highest BCUT2D eigenvalue weighted by Crippen LogP contribution is 2.25. The van der Waals surface area contributed by atoms with Gasteiger partial charge in [0, 0.05) is 58.8 Å².